The zero-order valence-corrected chi connectivity index (χ0v) is 16.3. The Bertz CT molecular complexity index is 1190. The van der Waals surface area contributed by atoms with Crippen molar-refractivity contribution in [2.75, 3.05) is 12.4 Å². The Morgan fingerprint density at radius 2 is 1.70 bits per heavy atom. The van der Waals surface area contributed by atoms with Crippen LogP contribution in [0.5, 0.6) is 11.5 Å². The standard InChI is InChI=1S/C23H20FN3O3/c1-29-20-12-6-7-13-21(20)30-15-22-25-18-10-4-5-11-19(18)27(22)14-23(28)26-17-9-3-2-8-16(17)24/h2-13H,14-15H2,1H3,(H,26,28). The predicted octanol–water partition coefficient (Wildman–Crippen LogP) is 4.40. The first-order chi connectivity index (χ1) is 14.7. The van der Waals surface area contributed by atoms with Gasteiger partial charge in [0.05, 0.1) is 23.8 Å². The normalized spacial score (nSPS) is 10.7. The lowest BCUT2D eigenvalue weighted by Crippen LogP contribution is -2.21. The van der Waals surface area contributed by atoms with Crippen LogP contribution in [0.1, 0.15) is 5.82 Å². The Balaban J connectivity index is 1.59. The van der Waals surface area contributed by atoms with E-state index in [0.29, 0.717) is 17.3 Å². The number of para-hydroxylation sites is 5. The minimum atomic E-state index is -0.485. The predicted molar refractivity (Wildman–Crippen MR) is 112 cm³/mol. The number of hydrogen-bond donors (Lipinski definition) is 1. The minimum absolute atomic E-state index is 0.0283. The smallest absolute Gasteiger partial charge is 0.244 e. The van der Waals surface area contributed by atoms with Crippen molar-refractivity contribution in [3.05, 3.63) is 84.4 Å². The zero-order chi connectivity index (χ0) is 20.9. The van der Waals surface area contributed by atoms with Crippen molar-refractivity contribution >= 4 is 22.6 Å². The first-order valence-corrected chi connectivity index (χ1v) is 9.40. The van der Waals surface area contributed by atoms with Gasteiger partial charge in [0.1, 0.15) is 24.8 Å². The Hall–Kier alpha value is -3.87. The molecule has 0 aliphatic rings. The van der Waals surface area contributed by atoms with Gasteiger partial charge in [0.15, 0.2) is 11.5 Å². The van der Waals surface area contributed by atoms with Crippen LogP contribution in [0.2, 0.25) is 0 Å². The van der Waals surface area contributed by atoms with Crippen LogP contribution in [0.25, 0.3) is 11.0 Å². The molecule has 7 heteroatoms. The van der Waals surface area contributed by atoms with Crippen molar-refractivity contribution in [2.24, 2.45) is 0 Å². The first kappa shape index (κ1) is 19.4. The molecule has 4 aromatic rings. The van der Waals surface area contributed by atoms with Gasteiger partial charge in [-0.15, -0.1) is 0 Å². The second kappa shape index (κ2) is 8.65. The van der Waals surface area contributed by atoms with E-state index < -0.39 is 5.82 Å². The molecule has 0 atom stereocenters. The molecule has 1 N–H and O–H groups in total. The van der Waals surface area contributed by atoms with Crippen LogP contribution in [0, 0.1) is 5.82 Å². The highest BCUT2D eigenvalue weighted by Gasteiger charge is 2.16. The molecule has 152 valence electrons. The summed E-state index contributed by atoms with van der Waals surface area (Å²) < 4.78 is 26.9. The number of hydrogen-bond acceptors (Lipinski definition) is 4. The highest BCUT2D eigenvalue weighted by atomic mass is 19.1. The topological polar surface area (TPSA) is 65.4 Å². The fourth-order valence-corrected chi connectivity index (χ4v) is 3.19. The third kappa shape index (κ3) is 4.10. The van der Waals surface area contributed by atoms with Crippen LogP contribution in [0.4, 0.5) is 10.1 Å². The molecule has 6 nitrogen and oxygen atoms in total. The van der Waals surface area contributed by atoms with Crippen molar-refractivity contribution in [1.82, 2.24) is 9.55 Å². The zero-order valence-electron chi connectivity index (χ0n) is 16.3. The molecule has 0 aliphatic heterocycles. The summed E-state index contributed by atoms with van der Waals surface area (Å²) in [6.07, 6.45) is 0. The number of carbonyl (C=O) groups excluding carboxylic acids is 1. The van der Waals surface area contributed by atoms with Crippen LogP contribution in [-0.4, -0.2) is 22.6 Å². The number of imidazole rings is 1. The number of halogens is 1. The molecule has 3 aromatic carbocycles. The number of aromatic nitrogens is 2. The summed E-state index contributed by atoms with van der Waals surface area (Å²) >= 11 is 0. The average Bonchev–Trinajstić information content (AvgIpc) is 3.11. The summed E-state index contributed by atoms with van der Waals surface area (Å²) in [7, 11) is 1.57. The monoisotopic (exact) mass is 405 g/mol. The van der Waals surface area contributed by atoms with Gasteiger partial charge in [-0.05, 0) is 36.4 Å². The summed E-state index contributed by atoms with van der Waals surface area (Å²) in [6.45, 7) is 0.113. The average molecular weight is 405 g/mol. The Morgan fingerprint density at radius 1 is 1.00 bits per heavy atom. The molecule has 1 heterocycles. The van der Waals surface area contributed by atoms with Gasteiger partial charge in [-0.25, -0.2) is 9.37 Å². The number of benzene rings is 3. The third-order valence-corrected chi connectivity index (χ3v) is 4.61. The number of amides is 1. The van der Waals surface area contributed by atoms with E-state index in [1.165, 1.54) is 12.1 Å². The van der Waals surface area contributed by atoms with Gasteiger partial charge in [0, 0.05) is 0 Å². The van der Waals surface area contributed by atoms with E-state index in [-0.39, 0.29) is 24.7 Å². The molecular formula is C23H20FN3O3. The van der Waals surface area contributed by atoms with Crippen molar-refractivity contribution < 1.29 is 18.7 Å². The summed E-state index contributed by atoms with van der Waals surface area (Å²) in [5.74, 6) is 0.917. The highest BCUT2D eigenvalue weighted by Crippen LogP contribution is 2.27. The molecule has 0 saturated heterocycles. The summed E-state index contributed by atoms with van der Waals surface area (Å²) in [4.78, 5) is 17.2. The number of rotatable bonds is 7. The lowest BCUT2D eigenvalue weighted by Gasteiger charge is -2.13. The molecule has 4 rings (SSSR count). The van der Waals surface area contributed by atoms with E-state index in [4.69, 9.17) is 9.47 Å². The molecule has 0 bridgehead atoms. The van der Waals surface area contributed by atoms with Crippen LogP contribution in [-0.2, 0) is 17.9 Å². The quantitative estimate of drug-likeness (QED) is 0.495. The molecule has 1 aromatic heterocycles. The Labute approximate surface area is 172 Å². The first-order valence-electron chi connectivity index (χ1n) is 9.40. The fourth-order valence-electron chi connectivity index (χ4n) is 3.19. The molecule has 0 fully saturated rings. The third-order valence-electron chi connectivity index (χ3n) is 4.61. The number of carbonyl (C=O) groups is 1. The second-order valence-corrected chi connectivity index (χ2v) is 6.57. The molecule has 30 heavy (non-hydrogen) atoms. The van der Waals surface area contributed by atoms with Gasteiger partial charge in [-0.2, -0.15) is 0 Å². The summed E-state index contributed by atoms with van der Waals surface area (Å²) in [5, 5.41) is 2.61. The number of fused-ring (bicyclic) bond motifs is 1. The van der Waals surface area contributed by atoms with Gasteiger partial charge in [0.25, 0.3) is 0 Å². The SMILES string of the molecule is COc1ccccc1OCc1nc2ccccc2n1CC(=O)Nc1ccccc1F. The van der Waals surface area contributed by atoms with Crippen molar-refractivity contribution in [1.29, 1.82) is 0 Å². The minimum Gasteiger partial charge on any atom is -0.493 e. The van der Waals surface area contributed by atoms with E-state index in [2.05, 4.69) is 10.3 Å². The van der Waals surface area contributed by atoms with Gasteiger partial charge in [-0.1, -0.05) is 36.4 Å². The number of methoxy groups -OCH3 is 1. The fraction of sp³-hybridized carbons (Fsp3) is 0.130. The van der Waals surface area contributed by atoms with E-state index in [0.717, 1.165) is 11.0 Å². The van der Waals surface area contributed by atoms with Crippen molar-refractivity contribution in [3.8, 4) is 11.5 Å². The number of nitrogens with zero attached hydrogens (tertiary/aromatic N) is 2. The molecule has 0 aliphatic carbocycles. The summed E-state index contributed by atoms with van der Waals surface area (Å²) in [5.41, 5.74) is 1.67. The molecule has 0 saturated carbocycles. The molecule has 0 unspecified atom stereocenters. The maximum absolute atomic E-state index is 13.9. The number of nitrogens with one attached hydrogen (secondary N) is 1. The van der Waals surface area contributed by atoms with Gasteiger partial charge in [0.2, 0.25) is 5.91 Å². The van der Waals surface area contributed by atoms with Crippen LogP contribution in [0.3, 0.4) is 0 Å². The van der Waals surface area contributed by atoms with Crippen molar-refractivity contribution in [2.45, 2.75) is 13.2 Å². The lowest BCUT2D eigenvalue weighted by molar-refractivity contribution is -0.116. The van der Waals surface area contributed by atoms with Gasteiger partial charge >= 0.3 is 0 Å². The Morgan fingerprint density at radius 3 is 2.50 bits per heavy atom. The van der Waals surface area contributed by atoms with E-state index >= 15 is 0 Å². The lowest BCUT2D eigenvalue weighted by atomic mass is 10.3. The van der Waals surface area contributed by atoms with Gasteiger partial charge in [-0.3, -0.25) is 4.79 Å². The van der Waals surface area contributed by atoms with E-state index in [1.807, 2.05) is 36.4 Å². The van der Waals surface area contributed by atoms with Gasteiger partial charge < -0.3 is 19.4 Å². The molecule has 1 amide bonds. The second-order valence-electron chi connectivity index (χ2n) is 6.57. The Kier molecular flexibility index (Phi) is 5.61. The van der Waals surface area contributed by atoms with E-state index in [1.54, 1.807) is 35.9 Å². The van der Waals surface area contributed by atoms with Crippen LogP contribution >= 0.6 is 0 Å². The maximum Gasteiger partial charge on any atom is 0.244 e. The maximum atomic E-state index is 13.9. The highest BCUT2D eigenvalue weighted by molar-refractivity contribution is 5.91. The number of ether oxygens (including phenoxy) is 2. The van der Waals surface area contributed by atoms with Crippen LogP contribution < -0.4 is 14.8 Å². The number of anilines is 1. The molecule has 0 radical (unpaired) electrons. The van der Waals surface area contributed by atoms with E-state index in [9.17, 15) is 9.18 Å². The van der Waals surface area contributed by atoms with Crippen molar-refractivity contribution in [3.63, 3.8) is 0 Å². The van der Waals surface area contributed by atoms with Crippen LogP contribution in [0.15, 0.2) is 72.8 Å². The molecule has 0 spiro atoms. The molecular weight excluding hydrogens is 385 g/mol. The largest absolute Gasteiger partial charge is 0.493 e. The summed E-state index contributed by atoms with van der Waals surface area (Å²) in [6, 6.07) is 20.9.